The number of hydrogen-bond donors (Lipinski definition) is 0. The summed E-state index contributed by atoms with van der Waals surface area (Å²) in [6.07, 6.45) is 4.26. The Morgan fingerprint density at radius 2 is 1.11 bits per heavy atom. The van der Waals surface area contributed by atoms with Gasteiger partial charge in [0.05, 0.1) is 0 Å². The fraction of sp³-hybridized carbons (Fsp3) is 0.222. The topological polar surface area (TPSA) is 0 Å². The Morgan fingerprint density at radius 1 is 0.667 bits per heavy atom. The molecule has 0 radical (unpaired) electrons. The third-order valence-electron chi connectivity index (χ3n) is 2.35. The summed E-state index contributed by atoms with van der Waals surface area (Å²) in [5.41, 5.74) is 3.77. The van der Waals surface area contributed by atoms with Gasteiger partial charge in [-0.15, -0.1) is 0 Å². The molecule has 0 saturated heterocycles. The van der Waals surface area contributed by atoms with Gasteiger partial charge in [-0.3, -0.25) is 0 Å². The molecule has 0 saturated carbocycles. The van der Waals surface area contributed by atoms with E-state index in [1.54, 1.807) is 0 Å². The van der Waals surface area contributed by atoms with E-state index in [0.29, 0.717) is 0 Å². The molecule has 0 bridgehead atoms. The molecule has 0 heteroatoms. The third-order valence-corrected chi connectivity index (χ3v) is 2.35. The minimum atomic E-state index is 0. The molecule has 0 spiro atoms. The van der Waals surface area contributed by atoms with Crippen molar-refractivity contribution in [3.8, 4) is 0 Å². The lowest BCUT2D eigenvalue weighted by Gasteiger charge is -1.95. The standard InChI is InChI=1S/C15H14.C2H6.CH4/c1-13-7-9-15(10-8-13)12-11-14-5-3-2-4-6-14;1-2;/h2-12H,1H3;1-2H3;1H4/b12-11+;;. The van der Waals surface area contributed by atoms with Gasteiger partial charge in [-0.1, -0.05) is 93.6 Å². The minimum Gasteiger partial charge on any atom is -0.0776 e. The molecule has 0 heterocycles. The summed E-state index contributed by atoms with van der Waals surface area (Å²) in [6, 6.07) is 18.9. The zero-order chi connectivity index (χ0) is 12.5. The molecule has 2 rings (SSSR count). The SMILES string of the molecule is C.CC.Cc1ccc(/C=C/c2ccccc2)cc1. The van der Waals surface area contributed by atoms with Gasteiger partial charge in [0.15, 0.2) is 0 Å². The Morgan fingerprint density at radius 3 is 1.61 bits per heavy atom. The van der Waals surface area contributed by atoms with Crippen molar-refractivity contribution >= 4 is 12.2 Å². The van der Waals surface area contributed by atoms with Gasteiger partial charge < -0.3 is 0 Å². The van der Waals surface area contributed by atoms with Crippen LogP contribution in [0.25, 0.3) is 12.2 Å². The van der Waals surface area contributed by atoms with Crippen LogP contribution in [0.3, 0.4) is 0 Å². The summed E-state index contributed by atoms with van der Waals surface area (Å²) >= 11 is 0. The first-order valence-corrected chi connectivity index (χ1v) is 6.14. The molecule has 0 aromatic heterocycles. The van der Waals surface area contributed by atoms with Crippen molar-refractivity contribution in [2.45, 2.75) is 28.2 Å². The van der Waals surface area contributed by atoms with Crippen molar-refractivity contribution in [3.05, 3.63) is 71.3 Å². The maximum Gasteiger partial charge on any atom is -0.0256 e. The van der Waals surface area contributed by atoms with Gasteiger partial charge in [-0.05, 0) is 18.1 Å². The van der Waals surface area contributed by atoms with Gasteiger partial charge in [0.2, 0.25) is 0 Å². The summed E-state index contributed by atoms with van der Waals surface area (Å²) in [6.45, 7) is 6.10. The number of rotatable bonds is 2. The lowest BCUT2D eigenvalue weighted by atomic mass is 10.1. The van der Waals surface area contributed by atoms with Crippen molar-refractivity contribution in [2.75, 3.05) is 0 Å². The predicted molar refractivity (Wildman–Crippen MR) is 84.6 cm³/mol. The van der Waals surface area contributed by atoms with E-state index in [9.17, 15) is 0 Å². The van der Waals surface area contributed by atoms with E-state index in [1.807, 2.05) is 19.9 Å². The van der Waals surface area contributed by atoms with Crippen LogP contribution in [0.1, 0.15) is 38.0 Å². The first-order chi connectivity index (χ1) is 8.34. The summed E-state index contributed by atoms with van der Waals surface area (Å²) in [4.78, 5) is 0. The molecule has 0 aliphatic heterocycles. The average molecular weight is 240 g/mol. The predicted octanol–water partition coefficient (Wildman–Crippen LogP) is 5.83. The molecule has 0 unspecified atom stereocenters. The summed E-state index contributed by atoms with van der Waals surface area (Å²) in [5.74, 6) is 0. The highest BCUT2D eigenvalue weighted by atomic mass is 13.9. The van der Waals surface area contributed by atoms with Crippen LogP contribution in [-0.4, -0.2) is 0 Å². The molecule has 96 valence electrons. The molecule has 0 amide bonds. The van der Waals surface area contributed by atoms with Crippen LogP contribution in [0.4, 0.5) is 0 Å². The van der Waals surface area contributed by atoms with Gasteiger partial charge in [0.25, 0.3) is 0 Å². The van der Waals surface area contributed by atoms with Gasteiger partial charge in [-0.2, -0.15) is 0 Å². The Bertz CT molecular complexity index is 435. The second kappa shape index (κ2) is 9.23. The van der Waals surface area contributed by atoms with Crippen LogP contribution in [0.5, 0.6) is 0 Å². The Balaban J connectivity index is 0.000000917. The summed E-state index contributed by atoms with van der Waals surface area (Å²) < 4.78 is 0. The Kier molecular flexibility index (Phi) is 8.30. The van der Waals surface area contributed by atoms with E-state index in [0.717, 1.165) is 0 Å². The van der Waals surface area contributed by atoms with Crippen LogP contribution in [0, 0.1) is 6.92 Å². The van der Waals surface area contributed by atoms with Crippen LogP contribution >= 0.6 is 0 Å². The Labute approximate surface area is 112 Å². The first kappa shape index (κ1) is 16.2. The fourth-order valence-electron chi connectivity index (χ4n) is 1.43. The average Bonchev–Trinajstić information content (AvgIpc) is 2.42. The monoisotopic (exact) mass is 240 g/mol. The molecule has 0 N–H and O–H groups in total. The Hall–Kier alpha value is -1.82. The first-order valence-electron chi connectivity index (χ1n) is 6.14. The lowest BCUT2D eigenvalue weighted by Crippen LogP contribution is -1.74. The highest BCUT2D eigenvalue weighted by Crippen LogP contribution is 2.08. The van der Waals surface area contributed by atoms with Crippen molar-refractivity contribution in [1.29, 1.82) is 0 Å². The van der Waals surface area contributed by atoms with E-state index >= 15 is 0 Å². The molecule has 18 heavy (non-hydrogen) atoms. The van der Waals surface area contributed by atoms with Crippen molar-refractivity contribution in [2.24, 2.45) is 0 Å². The molecule has 0 atom stereocenters. The van der Waals surface area contributed by atoms with Gasteiger partial charge in [0, 0.05) is 0 Å². The zero-order valence-corrected chi connectivity index (χ0v) is 10.9. The third kappa shape index (κ3) is 5.49. The number of aryl methyl sites for hydroxylation is 1. The molecular weight excluding hydrogens is 216 g/mol. The van der Waals surface area contributed by atoms with E-state index in [2.05, 4.69) is 67.6 Å². The molecular formula is C18H24. The summed E-state index contributed by atoms with van der Waals surface area (Å²) in [7, 11) is 0. The molecule has 0 aliphatic rings. The van der Waals surface area contributed by atoms with Crippen molar-refractivity contribution in [1.82, 2.24) is 0 Å². The maximum atomic E-state index is 2.13. The van der Waals surface area contributed by atoms with Gasteiger partial charge in [-0.25, -0.2) is 0 Å². The van der Waals surface area contributed by atoms with Gasteiger partial charge in [0.1, 0.15) is 0 Å². The second-order valence-corrected chi connectivity index (χ2v) is 3.65. The normalized spacial score (nSPS) is 9.28. The molecule has 0 fully saturated rings. The van der Waals surface area contributed by atoms with Crippen molar-refractivity contribution in [3.63, 3.8) is 0 Å². The van der Waals surface area contributed by atoms with E-state index in [-0.39, 0.29) is 7.43 Å². The largest absolute Gasteiger partial charge is 0.0776 e. The molecule has 2 aromatic carbocycles. The van der Waals surface area contributed by atoms with Crippen LogP contribution < -0.4 is 0 Å². The van der Waals surface area contributed by atoms with Crippen molar-refractivity contribution < 1.29 is 0 Å². The van der Waals surface area contributed by atoms with Crippen LogP contribution in [0.15, 0.2) is 54.6 Å². The number of hydrogen-bond acceptors (Lipinski definition) is 0. The maximum absolute atomic E-state index is 2.13. The fourth-order valence-corrected chi connectivity index (χ4v) is 1.43. The quantitative estimate of drug-likeness (QED) is 0.579. The van der Waals surface area contributed by atoms with Crippen LogP contribution in [-0.2, 0) is 0 Å². The van der Waals surface area contributed by atoms with Crippen LogP contribution in [0.2, 0.25) is 0 Å². The van der Waals surface area contributed by atoms with E-state index in [1.165, 1.54) is 16.7 Å². The van der Waals surface area contributed by atoms with E-state index < -0.39 is 0 Å². The minimum absolute atomic E-state index is 0. The number of benzene rings is 2. The lowest BCUT2D eigenvalue weighted by molar-refractivity contribution is 1.46. The summed E-state index contributed by atoms with van der Waals surface area (Å²) in [5, 5.41) is 0. The smallest absolute Gasteiger partial charge is 0.0256 e. The molecule has 0 aliphatic carbocycles. The van der Waals surface area contributed by atoms with Gasteiger partial charge >= 0.3 is 0 Å². The zero-order valence-electron chi connectivity index (χ0n) is 10.9. The molecule has 2 aromatic rings. The highest BCUT2D eigenvalue weighted by Gasteiger charge is 1.87. The highest BCUT2D eigenvalue weighted by molar-refractivity contribution is 5.69. The second-order valence-electron chi connectivity index (χ2n) is 3.65. The van der Waals surface area contributed by atoms with E-state index in [4.69, 9.17) is 0 Å². The molecule has 0 nitrogen and oxygen atoms in total.